The third kappa shape index (κ3) is 5.41. The molecular weight excluding hydrogens is 371 g/mol. The van der Waals surface area contributed by atoms with Crippen LogP contribution in [0.3, 0.4) is 0 Å². The molecule has 0 aliphatic rings. The molecule has 138 valence electrons. The van der Waals surface area contributed by atoms with Gasteiger partial charge < -0.3 is 14.8 Å². The second-order valence-corrected chi connectivity index (χ2v) is 5.69. The van der Waals surface area contributed by atoms with E-state index in [1.54, 1.807) is 0 Å². The van der Waals surface area contributed by atoms with Gasteiger partial charge in [-0.15, -0.1) is 12.6 Å². The fourth-order valence-electron chi connectivity index (χ4n) is 2.01. The van der Waals surface area contributed by atoms with Gasteiger partial charge in [-0.05, 0) is 30.3 Å². The van der Waals surface area contributed by atoms with E-state index in [1.807, 2.05) is 0 Å². The van der Waals surface area contributed by atoms with E-state index < -0.39 is 23.6 Å². The van der Waals surface area contributed by atoms with Crippen molar-refractivity contribution >= 4 is 30.6 Å². The molecule has 0 aliphatic carbocycles. The average Bonchev–Trinajstić information content (AvgIpc) is 3.02. The number of thiol groups is 1. The second kappa shape index (κ2) is 8.13. The molecule has 0 unspecified atom stereocenters. The topological polar surface area (TPSA) is 79.5 Å². The summed E-state index contributed by atoms with van der Waals surface area (Å²) in [6.45, 7) is -0.0558. The maximum absolute atomic E-state index is 12.8. The number of aliphatic carboxylic acids is 1. The lowest BCUT2D eigenvalue weighted by Crippen LogP contribution is -2.25. The first-order chi connectivity index (χ1) is 12.2. The Morgan fingerprint density at radius 2 is 1.96 bits per heavy atom. The first-order valence-corrected chi connectivity index (χ1v) is 7.79. The van der Waals surface area contributed by atoms with Crippen LogP contribution in [-0.2, 0) is 15.8 Å². The molecule has 1 aromatic heterocycles. The number of nitrogens with one attached hydrogen (secondary N) is 1. The number of rotatable bonds is 6. The Balaban J connectivity index is 2.12. The van der Waals surface area contributed by atoms with Gasteiger partial charge in [0.25, 0.3) is 5.91 Å². The van der Waals surface area contributed by atoms with Crippen molar-refractivity contribution in [3.05, 3.63) is 52.6 Å². The number of carboxylic acid groups (broad SMARTS) is 1. The van der Waals surface area contributed by atoms with E-state index in [9.17, 15) is 22.8 Å². The van der Waals surface area contributed by atoms with Gasteiger partial charge in [0.05, 0.1) is 16.9 Å². The van der Waals surface area contributed by atoms with Crippen molar-refractivity contribution in [2.75, 3.05) is 6.54 Å². The predicted molar refractivity (Wildman–Crippen MR) is 91.4 cm³/mol. The number of alkyl halides is 3. The lowest BCUT2D eigenvalue weighted by Gasteiger charge is -2.07. The third-order valence-electron chi connectivity index (χ3n) is 3.24. The molecule has 1 amide bonds. The van der Waals surface area contributed by atoms with Crippen molar-refractivity contribution in [3.8, 4) is 11.3 Å². The monoisotopic (exact) mass is 385 g/mol. The number of hydrogen-bond acceptors (Lipinski definition) is 4. The summed E-state index contributed by atoms with van der Waals surface area (Å²) in [4.78, 5) is 22.1. The van der Waals surface area contributed by atoms with Crippen LogP contribution in [0.2, 0.25) is 0 Å². The number of furan rings is 1. The molecular formula is C17H14F3NO4S. The molecule has 2 N–H and O–H groups in total. The fraction of sp³-hybridized carbons (Fsp3) is 0.176. The lowest BCUT2D eigenvalue weighted by molar-refractivity contribution is -0.138. The molecule has 0 fully saturated rings. The quantitative estimate of drug-likeness (QED) is 0.522. The van der Waals surface area contributed by atoms with Crippen LogP contribution in [0.15, 0.2) is 45.7 Å². The number of halogens is 3. The van der Waals surface area contributed by atoms with Crippen molar-refractivity contribution in [2.45, 2.75) is 12.6 Å². The minimum absolute atomic E-state index is 0.0275. The standard InChI is InChI=1S/C17H14F3NO4S/c18-17(19,20)11-3-1-2-10(8-11)13-5-4-12(25-13)9-14(26)16(24)21-7-6-15(22)23/h1-5,8-9,26H,6-7H2,(H,21,24)(H,22,23)/b14-9+. The van der Waals surface area contributed by atoms with Crippen molar-refractivity contribution < 1.29 is 32.3 Å². The Morgan fingerprint density at radius 1 is 1.23 bits per heavy atom. The van der Waals surface area contributed by atoms with Crippen molar-refractivity contribution in [2.24, 2.45) is 0 Å². The van der Waals surface area contributed by atoms with Crippen LogP contribution < -0.4 is 5.32 Å². The zero-order valence-corrected chi connectivity index (χ0v) is 14.1. The Labute approximate surface area is 151 Å². The Kier molecular flexibility index (Phi) is 6.14. The summed E-state index contributed by atoms with van der Waals surface area (Å²) in [5.41, 5.74) is -0.553. The van der Waals surface area contributed by atoms with Crippen LogP contribution >= 0.6 is 12.6 Å². The minimum atomic E-state index is -4.46. The number of hydrogen-bond donors (Lipinski definition) is 3. The Morgan fingerprint density at radius 3 is 2.62 bits per heavy atom. The summed E-state index contributed by atoms with van der Waals surface area (Å²) in [5.74, 6) is -1.22. The van der Waals surface area contributed by atoms with Crippen molar-refractivity contribution in [1.82, 2.24) is 5.32 Å². The smallest absolute Gasteiger partial charge is 0.416 e. The molecule has 0 saturated carbocycles. The van der Waals surface area contributed by atoms with Crippen molar-refractivity contribution in [1.29, 1.82) is 0 Å². The molecule has 2 aromatic rings. The molecule has 0 saturated heterocycles. The van der Waals surface area contributed by atoms with Gasteiger partial charge in [0, 0.05) is 12.1 Å². The molecule has 1 aromatic carbocycles. The number of carbonyl (C=O) groups is 2. The van der Waals surface area contributed by atoms with E-state index in [-0.39, 0.29) is 35.0 Å². The summed E-state index contributed by atoms with van der Waals surface area (Å²) in [5, 5.41) is 10.9. The van der Waals surface area contributed by atoms with E-state index in [4.69, 9.17) is 9.52 Å². The SMILES string of the molecule is O=C(O)CCNC(=O)/C(S)=C\c1ccc(-c2cccc(C(F)(F)F)c2)o1. The minimum Gasteiger partial charge on any atom is -0.481 e. The van der Waals surface area contributed by atoms with Gasteiger partial charge in [-0.2, -0.15) is 13.2 Å². The van der Waals surface area contributed by atoms with Crippen LogP contribution in [0.4, 0.5) is 13.2 Å². The van der Waals surface area contributed by atoms with Gasteiger partial charge in [-0.3, -0.25) is 9.59 Å². The first kappa shape index (κ1) is 19.6. The van der Waals surface area contributed by atoms with Gasteiger partial charge in [0.15, 0.2) is 0 Å². The van der Waals surface area contributed by atoms with E-state index in [2.05, 4.69) is 17.9 Å². The van der Waals surface area contributed by atoms with Gasteiger partial charge >= 0.3 is 12.1 Å². The number of benzene rings is 1. The van der Waals surface area contributed by atoms with E-state index in [1.165, 1.54) is 30.3 Å². The molecule has 0 atom stereocenters. The van der Waals surface area contributed by atoms with Gasteiger partial charge in [0.2, 0.25) is 0 Å². The number of carboxylic acids is 1. The highest BCUT2D eigenvalue weighted by Crippen LogP contribution is 2.32. The molecule has 0 bridgehead atoms. The Bertz CT molecular complexity index is 843. The zero-order chi connectivity index (χ0) is 19.3. The molecule has 0 aliphatic heterocycles. The molecule has 26 heavy (non-hydrogen) atoms. The third-order valence-corrected chi connectivity index (χ3v) is 3.57. The summed E-state index contributed by atoms with van der Waals surface area (Å²) in [6, 6.07) is 7.63. The average molecular weight is 385 g/mol. The summed E-state index contributed by atoms with van der Waals surface area (Å²) < 4.78 is 43.7. The van der Waals surface area contributed by atoms with Crippen LogP contribution in [0.5, 0.6) is 0 Å². The molecule has 0 radical (unpaired) electrons. The van der Waals surface area contributed by atoms with E-state index in [0.29, 0.717) is 0 Å². The maximum Gasteiger partial charge on any atom is 0.416 e. The van der Waals surface area contributed by atoms with Crippen LogP contribution in [0.1, 0.15) is 17.7 Å². The number of carbonyl (C=O) groups excluding carboxylic acids is 1. The zero-order valence-electron chi connectivity index (χ0n) is 13.2. The van der Waals surface area contributed by atoms with Crippen LogP contribution in [-0.4, -0.2) is 23.5 Å². The van der Waals surface area contributed by atoms with Gasteiger partial charge in [0.1, 0.15) is 11.5 Å². The van der Waals surface area contributed by atoms with Crippen LogP contribution in [0.25, 0.3) is 17.4 Å². The maximum atomic E-state index is 12.8. The molecule has 0 spiro atoms. The van der Waals surface area contributed by atoms with Gasteiger partial charge in [-0.1, -0.05) is 12.1 Å². The fourth-order valence-corrected chi connectivity index (χ4v) is 2.21. The molecule has 9 heteroatoms. The Hall–Kier alpha value is -2.68. The summed E-state index contributed by atoms with van der Waals surface area (Å²) in [6.07, 6.45) is -3.40. The predicted octanol–water partition coefficient (Wildman–Crippen LogP) is 3.83. The second-order valence-electron chi connectivity index (χ2n) is 5.21. The van der Waals surface area contributed by atoms with E-state index in [0.717, 1.165) is 12.1 Å². The highest BCUT2D eigenvalue weighted by atomic mass is 32.1. The summed E-state index contributed by atoms with van der Waals surface area (Å²) in [7, 11) is 0. The first-order valence-electron chi connectivity index (χ1n) is 7.35. The van der Waals surface area contributed by atoms with Crippen LogP contribution in [0, 0.1) is 0 Å². The highest BCUT2D eigenvalue weighted by Gasteiger charge is 2.30. The molecule has 2 rings (SSSR count). The normalized spacial score (nSPS) is 12.1. The van der Waals surface area contributed by atoms with Gasteiger partial charge in [-0.25, -0.2) is 0 Å². The largest absolute Gasteiger partial charge is 0.481 e. The molecule has 1 heterocycles. The van der Waals surface area contributed by atoms with E-state index >= 15 is 0 Å². The molecule has 5 nitrogen and oxygen atoms in total. The summed E-state index contributed by atoms with van der Waals surface area (Å²) >= 11 is 4.00. The van der Waals surface area contributed by atoms with Crippen molar-refractivity contribution in [3.63, 3.8) is 0 Å². The highest BCUT2D eigenvalue weighted by molar-refractivity contribution is 7.85. The lowest BCUT2D eigenvalue weighted by atomic mass is 10.1. The number of amides is 1.